The first-order chi connectivity index (χ1) is 15.9. The number of piperidine rings is 1. The zero-order valence-corrected chi connectivity index (χ0v) is 19.4. The van der Waals surface area contributed by atoms with Gasteiger partial charge in [-0.25, -0.2) is 4.52 Å². The zero-order chi connectivity index (χ0) is 22.7. The van der Waals surface area contributed by atoms with Crippen molar-refractivity contribution in [2.75, 3.05) is 36.0 Å². The van der Waals surface area contributed by atoms with E-state index in [0.29, 0.717) is 17.8 Å². The van der Waals surface area contributed by atoms with E-state index in [4.69, 9.17) is 5.73 Å². The van der Waals surface area contributed by atoms with Crippen LogP contribution < -0.4 is 15.5 Å². The lowest BCUT2D eigenvalue weighted by molar-refractivity contribution is 0.134. The number of hydrogen-bond donors (Lipinski definition) is 1. The lowest BCUT2D eigenvalue weighted by atomic mass is 9.90. The Hall–Kier alpha value is -3.08. The van der Waals surface area contributed by atoms with Crippen molar-refractivity contribution in [1.29, 1.82) is 5.26 Å². The third-order valence-electron chi connectivity index (χ3n) is 7.94. The molecule has 0 spiro atoms. The molecule has 2 fully saturated rings. The van der Waals surface area contributed by atoms with E-state index in [2.05, 4.69) is 64.0 Å². The van der Waals surface area contributed by atoms with Gasteiger partial charge >= 0.3 is 0 Å². The summed E-state index contributed by atoms with van der Waals surface area (Å²) in [5, 5.41) is 13.8. The maximum Gasteiger partial charge on any atom is 0.142 e. The fourth-order valence-electron chi connectivity index (χ4n) is 5.94. The first kappa shape index (κ1) is 20.5. The van der Waals surface area contributed by atoms with Crippen molar-refractivity contribution >= 4 is 16.9 Å². The molecule has 0 aliphatic carbocycles. The molecular formula is C26H31N7. The van der Waals surface area contributed by atoms with Gasteiger partial charge in [-0.1, -0.05) is 6.07 Å². The van der Waals surface area contributed by atoms with Gasteiger partial charge in [-0.3, -0.25) is 4.90 Å². The molecule has 3 aromatic rings. The van der Waals surface area contributed by atoms with Crippen molar-refractivity contribution in [3.05, 3.63) is 59.4 Å². The maximum absolute atomic E-state index is 9.43. The van der Waals surface area contributed by atoms with Crippen molar-refractivity contribution in [2.45, 2.75) is 50.9 Å². The molecule has 6 rings (SSSR count). The monoisotopic (exact) mass is 441 g/mol. The molecule has 2 saturated heterocycles. The van der Waals surface area contributed by atoms with Gasteiger partial charge in [0.05, 0.1) is 23.4 Å². The highest BCUT2D eigenvalue weighted by Gasteiger charge is 2.39. The molecule has 0 radical (unpaired) electrons. The molecule has 1 aromatic carbocycles. The minimum Gasteiger partial charge on any atom is -0.371 e. The van der Waals surface area contributed by atoms with Crippen LogP contribution in [0.25, 0.3) is 5.52 Å². The summed E-state index contributed by atoms with van der Waals surface area (Å²) in [5.41, 5.74) is 13.3. The summed E-state index contributed by atoms with van der Waals surface area (Å²) < 4.78 is 1.76. The zero-order valence-electron chi connectivity index (χ0n) is 19.4. The minimum absolute atomic E-state index is 0.0286. The lowest BCUT2D eigenvalue weighted by Gasteiger charge is -2.43. The number of aromatic nitrogens is 2. The molecule has 3 aliphatic heterocycles. The third-order valence-corrected chi connectivity index (χ3v) is 7.94. The molecule has 33 heavy (non-hydrogen) atoms. The lowest BCUT2D eigenvalue weighted by Crippen LogP contribution is -2.51. The molecule has 7 nitrogen and oxygen atoms in total. The molecule has 2 atom stereocenters. The average Bonchev–Trinajstić information content (AvgIpc) is 3.43. The topological polar surface area (TPSA) is 76.8 Å². The molecule has 0 amide bonds. The number of benzene rings is 1. The van der Waals surface area contributed by atoms with E-state index in [1.54, 1.807) is 10.7 Å². The van der Waals surface area contributed by atoms with Crippen LogP contribution in [0, 0.1) is 11.3 Å². The van der Waals surface area contributed by atoms with E-state index in [-0.39, 0.29) is 5.54 Å². The van der Waals surface area contributed by atoms with Gasteiger partial charge < -0.3 is 15.5 Å². The van der Waals surface area contributed by atoms with E-state index in [1.165, 1.54) is 16.8 Å². The Kier molecular flexibility index (Phi) is 4.65. The number of fused-ring (bicyclic) bond motifs is 4. The Labute approximate surface area is 195 Å². The summed E-state index contributed by atoms with van der Waals surface area (Å²) in [6.45, 7) is 9.48. The highest BCUT2D eigenvalue weighted by atomic mass is 15.3. The molecule has 170 valence electrons. The SMILES string of the molecule is C[C@@H]1CN(c2ccc(C#N)n3nccc23)C[C@@H]2c3ccc(N4CCC(C)(N)CC4)cc3CN12. The van der Waals surface area contributed by atoms with Crippen LogP contribution >= 0.6 is 0 Å². The summed E-state index contributed by atoms with van der Waals surface area (Å²) in [6.07, 6.45) is 3.86. The predicted octanol–water partition coefficient (Wildman–Crippen LogP) is 3.29. The van der Waals surface area contributed by atoms with E-state index in [9.17, 15) is 5.26 Å². The second kappa shape index (κ2) is 7.47. The quantitative estimate of drug-likeness (QED) is 0.658. The summed E-state index contributed by atoms with van der Waals surface area (Å²) in [5.74, 6) is 0. The molecule has 2 N–H and O–H groups in total. The number of piperazine rings is 1. The average molecular weight is 442 g/mol. The molecule has 3 aliphatic rings. The number of rotatable bonds is 2. The van der Waals surface area contributed by atoms with Crippen LogP contribution in [0.1, 0.15) is 49.6 Å². The number of pyridine rings is 1. The van der Waals surface area contributed by atoms with Crippen LogP contribution in [-0.2, 0) is 6.54 Å². The van der Waals surface area contributed by atoms with E-state index < -0.39 is 0 Å². The number of nitrogens with zero attached hydrogens (tertiary/aromatic N) is 6. The number of nitriles is 1. The largest absolute Gasteiger partial charge is 0.371 e. The molecule has 0 unspecified atom stereocenters. The van der Waals surface area contributed by atoms with Crippen molar-refractivity contribution < 1.29 is 0 Å². The molecule has 5 heterocycles. The highest BCUT2D eigenvalue weighted by molar-refractivity contribution is 5.74. The molecule has 0 bridgehead atoms. The first-order valence-electron chi connectivity index (χ1n) is 12.0. The fraction of sp³-hybridized carbons (Fsp3) is 0.462. The molecule has 0 saturated carbocycles. The van der Waals surface area contributed by atoms with Gasteiger partial charge in [-0.2, -0.15) is 10.4 Å². The Morgan fingerprint density at radius 2 is 1.91 bits per heavy atom. The fourth-order valence-corrected chi connectivity index (χ4v) is 5.94. The van der Waals surface area contributed by atoms with Gasteiger partial charge in [-0.15, -0.1) is 0 Å². The van der Waals surface area contributed by atoms with Crippen molar-refractivity contribution in [3.63, 3.8) is 0 Å². The van der Waals surface area contributed by atoms with Gasteiger partial charge in [-0.05, 0) is 68.1 Å². The number of anilines is 2. The smallest absolute Gasteiger partial charge is 0.142 e. The van der Waals surface area contributed by atoms with Crippen molar-refractivity contribution in [1.82, 2.24) is 14.5 Å². The second-order valence-corrected chi connectivity index (χ2v) is 10.3. The Morgan fingerprint density at radius 1 is 1.09 bits per heavy atom. The van der Waals surface area contributed by atoms with Gasteiger partial charge in [0.2, 0.25) is 0 Å². The van der Waals surface area contributed by atoms with Crippen molar-refractivity contribution in [3.8, 4) is 6.07 Å². The van der Waals surface area contributed by atoms with Gasteiger partial charge in [0.25, 0.3) is 0 Å². The first-order valence-corrected chi connectivity index (χ1v) is 12.0. The van der Waals surface area contributed by atoms with Gasteiger partial charge in [0, 0.05) is 50.0 Å². The summed E-state index contributed by atoms with van der Waals surface area (Å²) in [7, 11) is 0. The Balaban J connectivity index is 1.28. The van der Waals surface area contributed by atoms with Crippen LogP contribution in [0.3, 0.4) is 0 Å². The minimum atomic E-state index is -0.0286. The molecule has 7 heteroatoms. The van der Waals surface area contributed by atoms with Crippen LogP contribution in [0.5, 0.6) is 0 Å². The van der Waals surface area contributed by atoms with E-state index in [0.717, 1.165) is 56.8 Å². The van der Waals surface area contributed by atoms with Crippen LogP contribution in [0.15, 0.2) is 42.6 Å². The van der Waals surface area contributed by atoms with E-state index in [1.807, 2.05) is 12.1 Å². The summed E-state index contributed by atoms with van der Waals surface area (Å²) in [4.78, 5) is 7.62. The van der Waals surface area contributed by atoms with E-state index >= 15 is 0 Å². The molecule has 2 aromatic heterocycles. The maximum atomic E-state index is 9.43. The summed E-state index contributed by atoms with van der Waals surface area (Å²) in [6, 6.07) is 16.1. The Morgan fingerprint density at radius 3 is 2.70 bits per heavy atom. The van der Waals surface area contributed by atoms with Crippen molar-refractivity contribution in [2.24, 2.45) is 5.73 Å². The molecular weight excluding hydrogens is 410 g/mol. The van der Waals surface area contributed by atoms with Crippen LogP contribution in [0.2, 0.25) is 0 Å². The van der Waals surface area contributed by atoms with Gasteiger partial charge in [0.1, 0.15) is 11.8 Å². The van der Waals surface area contributed by atoms with Gasteiger partial charge in [0.15, 0.2) is 0 Å². The normalized spacial score (nSPS) is 24.5. The second-order valence-electron chi connectivity index (χ2n) is 10.3. The summed E-state index contributed by atoms with van der Waals surface area (Å²) >= 11 is 0. The van der Waals surface area contributed by atoms with Crippen LogP contribution in [-0.4, -0.2) is 52.3 Å². The number of hydrogen-bond acceptors (Lipinski definition) is 6. The number of nitrogens with two attached hydrogens (primary N) is 1. The van der Waals surface area contributed by atoms with Crippen LogP contribution in [0.4, 0.5) is 11.4 Å². The predicted molar refractivity (Wildman–Crippen MR) is 130 cm³/mol. The standard InChI is InChI=1S/C26H31N7/c1-18-15-31(23-6-4-21(14-27)33-24(23)7-10-29-33)17-25-22-5-3-20(13-19(22)16-32(18)25)30-11-8-26(2,28)9-12-30/h3-7,10,13,18,25H,8-9,11-12,15-17,28H2,1-2H3/t18-,25-/m1/s1. The third kappa shape index (κ3) is 3.36. The Bertz CT molecular complexity index is 1240. The highest BCUT2D eigenvalue weighted by Crippen LogP contribution is 2.42.